The molecule has 1 fully saturated rings. The predicted molar refractivity (Wildman–Crippen MR) is 140 cm³/mol. The van der Waals surface area contributed by atoms with Crippen LogP contribution < -0.4 is 10.6 Å². The highest BCUT2D eigenvalue weighted by Gasteiger charge is 2.31. The molecule has 198 valence electrons. The van der Waals surface area contributed by atoms with Gasteiger partial charge in [0.05, 0.1) is 12.0 Å². The van der Waals surface area contributed by atoms with Crippen LogP contribution in [-0.2, 0) is 16.0 Å². The van der Waals surface area contributed by atoms with E-state index < -0.39 is 29.7 Å². The number of benzene rings is 2. The molecule has 0 spiro atoms. The van der Waals surface area contributed by atoms with Crippen molar-refractivity contribution in [3.8, 4) is 11.1 Å². The lowest BCUT2D eigenvalue weighted by Crippen LogP contribution is -2.45. The third-order valence-corrected chi connectivity index (χ3v) is 7.16. The van der Waals surface area contributed by atoms with E-state index in [9.17, 15) is 23.5 Å². The van der Waals surface area contributed by atoms with Crippen molar-refractivity contribution < 1.29 is 23.5 Å². The van der Waals surface area contributed by atoms with Crippen molar-refractivity contribution in [3.63, 3.8) is 0 Å². The van der Waals surface area contributed by atoms with Crippen LogP contribution in [0.4, 0.5) is 8.78 Å². The minimum absolute atomic E-state index is 0.101. The van der Waals surface area contributed by atoms with Crippen LogP contribution in [0.25, 0.3) is 16.7 Å². The van der Waals surface area contributed by atoms with Gasteiger partial charge in [0.25, 0.3) is 0 Å². The molecule has 37 heavy (non-hydrogen) atoms. The molecule has 4 rings (SSSR count). The smallest absolute Gasteiger partial charge is 0.224 e. The Kier molecular flexibility index (Phi) is 8.84. The molecule has 1 saturated heterocycles. The second-order valence-corrected chi connectivity index (χ2v) is 9.96. The van der Waals surface area contributed by atoms with Gasteiger partial charge in [-0.05, 0) is 66.9 Å². The molecule has 0 aromatic heterocycles. The van der Waals surface area contributed by atoms with Gasteiger partial charge >= 0.3 is 0 Å². The summed E-state index contributed by atoms with van der Waals surface area (Å²) < 4.78 is 28.0. The van der Waals surface area contributed by atoms with Gasteiger partial charge in [0.1, 0.15) is 11.6 Å². The summed E-state index contributed by atoms with van der Waals surface area (Å²) in [6.45, 7) is 6.90. The number of halogens is 2. The number of ketones is 1. The van der Waals surface area contributed by atoms with E-state index in [1.165, 1.54) is 12.1 Å². The zero-order valence-corrected chi connectivity index (χ0v) is 21.4. The fourth-order valence-corrected chi connectivity index (χ4v) is 5.26. The average Bonchev–Trinajstić information content (AvgIpc) is 3.48. The van der Waals surface area contributed by atoms with Crippen molar-refractivity contribution in [1.29, 1.82) is 0 Å². The molecular weight excluding hydrogens is 476 g/mol. The molecule has 0 radical (unpaired) electrons. The molecule has 2 aromatic rings. The molecule has 2 aromatic carbocycles. The molecule has 0 bridgehead atoms. The monoisotopic (exact) mass is 511 g/mol. The maximum absolute atomic E-state index is 14.0. The summed E-state index contributed by atoms with van der Waals surface area (Å²) in [5.41, 5.74) is 2.80. The summed E-state index contributed by atoms with van der Waals surface area (Å²) in [5, 5.41) is 16.5. The number of allylic oxidation sites excluding steroid dienone is 1. The highest BCUT2D eigenvalue weighted by Crippen LogP contribution is 2.38. The van der Waals surface area contributed by atoms with E-state index in [-0.39, 0.29) is 24.7 Å². The van der Waals surface area contributed by atoms with Crippen molar-refractivity contribution in [1.82, 2.24) is 15.5 Å². The fraction of sp³-hybridized carbons (Fsp3) is 0.448. The minimum Gasteiger partial charge on any atom is -0.390 e. The van der Waals surface area contributed by atoms with Gasteiger partial charge in [-0.1, -0.05) is 38.1 Å². The first-order chi connectivity index (χ1) is 17.8. The molecule has 1 amide bonds. The van der Waals surface area contributed by atoms with Crippen LogP contribution in [0.15, 0.2) is 42.5 Å². The minimum atomic E-state index is -0.690. The number of carbonyl (C=O) groups is 2. The molecule has 0 saturated carbocycles. The number of β-amino-alcohol motifs (C(OH)–C–C–N with tert-alkyl or cyclic N) is 1. The maximum Gasteiger partial charge on any atom is 0.224 e. The Bertz CT molecular complexity index is 1160. The Labute approximate surface area is 216 Å². The van der Waals surface area contributed by atoms with E-state index >= 15 is 0 Å². The first-order valence-electron chi connectivity index (χ1n) is 13.0. The second kappa shape index (κ2) is 12.1. The summed E-state index contributed by atoms with van der Waals surface area (Å²) in [6, 6.07) is 8.24. The summed E-state index contributed by atoms with van der Waals surface area (Å²) >= 11 is 0. The van der Waals surface area contributed by atoms with Gasteiger partial charge < -0.3 is 20.6 Å². The van der Waals surface area contributed by atoms with Crippen LogP contribution in [-0.4, -0.2) is 66.6 Å². The lowest BCUT2D eigenvalue weighted by atomic mass is 9.91. The quantitative estimate of drug-likeness (QED) is 0.427. The Hall–Kier alpha value is -2.94. The third-order valence-electron chi connectivity index (χ3n) is 7.16. The average molecular weight is 512 g/mol. The molecule has 3 N–H and O–H groups in total. The lowest BCUT2D eigenvalue weighted by Gasteiger charge is -2.24. The lowest BCUT2D eigenvalue weighted by molar-refractivity contribution is -0.125. The van der Waals surface area contributed by atoms with Crippen LogP contribution in [0.5, 0.6) is 0 Å². The summed E-state index contributed by atoms with van der Waals surface area (Å²) in [7, 11) is 0. The number of aliphatic hydroxyl groups excluding tert-OH is 1. The number of aliphatic hydroxyl groups is 1. The first-order valence-corrected chi connectivity index (χ1v) is 13.0. The Morgan fingerprint density at radius 2 is 1.86 bits per heavy atom. The number of fused-ring (bicyclic) bond motifs is 1. The Morgan fingerprint density at radius 1 is 1.16 bits per heavy atom. The molecule has 1 heterocycles. The Balaban J connectivity index is 1.55. The fourth-order valence-electron chi connectivity index (χ4n) is 5.26. The zero-order chi connectivity index (χ0) is 26.5. The Morgan fingerprint density at radius 3 is 2.54 bits per heavy atom. The number of hydrogen-bond acceptors (Lipinski definition) is 5. The normalized spacial score (nSPS) is 19.2. The number of hydrogen-bond donors (Lipinski definition) is 3. The van der Waals surface area contributed by atoms with Gasteiger partial charge in [-0.3, -0.25) is 9.59 Å². The molecule has 8 heteroatoms. The molecule has 2 aliphatic rings. The van der Waals surface area contributed by atoms with Gasteiger partial charge in [0.2, 0.25) is 5.91 Å². The number of Topliss-reactive ketones (excluding diaryl/α,β-unsaturated/α-hetero) is 1. The van der Waals surface area contributed by atoms with Crippen LogP contribution in [0, 0.1) is 17.6 Å². The highest BCUT2D eigenvalue weighted by molar-refractivity contribution is 6.27. The van der Waals surface area contributed by atoms with E-state index in [1.54, 1.807) is 25.1 Å². The van der Waals surface area contributed by atoms with E-state index in [1.807, 2.05) is 13.0 Å². The van der Waals surface area contributed by atoms with Crippen molar-refractivity contribution in [2.24, 2.45) is 5.92 Å². The first kappa shape index (κ1) is 27.1. The molecule has 3 unspecified atom stereocenters. The summed E-state index contributed by atoms with van der Waals surface area (Å²) in [5.74, 6) is -2.23. The topological polar surface area (TPSA) is 81.7 Å². The van der Waals surface area contributed by atoms with E-state index in [4.69, 9.17) is 0 Å². The van der Waals surface area contributed by atoms with Crippen LogP contribution in [0.2, 0.25) is 0 Å². The standard InChI is InChI=1S/C29H35F2N3O3/c1-3-32-26(18(2)29(37)33-16-23(35)17-34-9-4-5-10-34)15-25-27(36)13-19-7-6-8-24(28(19)25)20-11-21(30)14-22(31)12-20/h6-8,11-12,14-15,18,23,26,32,35H,3-5,9-10,13,16-17H2,1-2H3,(H,33,37). The van der Waals surface area contributed by atoms with E-state index in [0.717, 1.165) is 37.6 Å². The second-order valence-electron chi connectivity index (χ2n) is 9.96. The molecule has 1 aliphatic heterocycles. The van der Waals surface area contributed by atoms with E-state index in [2.05, 4.69) is 15.5 Å². The van der Waals surface area contributed by atoms with Crippen LogP contribution in [0.3, 0.4) is 0 Å². The highest BCUT2D eigenvalue weighted by atomic mass is 19.1. The van der Waals surface area contributed by atoms with Gasteiger partial charge in [-0.2, -0.15) is 0 Å². The van der Waals surface area contributed by atoms with Gasteiger partial charge in [0, 0.05) is 37.2 Å². The van der Waals surface area contributed by atoms with Crippen molar-refractivity contribution in [3.05, 3.63) is 65.2 Å². The number of rotatable bonds is 10. The van der Waals surface area contributed by atoms with Crippen LogP contribution >= 0.6 is 0 Å². The molecular formula is C29H35F2N3O3. The summed E-state index contributed by atoms with van der Waals surface area (Å²) in [6.07, 6.45) is 3.57. The number of likely N-dealkylation sites (tertiary alicyclic amines) is 1. The van der Waals surface area contributed by atoms with Crippen molar-refractivity contribution in [2.75, 3.05) is 32.7 Å². The predicted octanol–water partition coefficient (Wildman–Crippen LogP) is 3.33. The third kappa shape index (κ3) is 6.50. The maximum atomic E-state index is 14.0. The van der Waals surface area contributed by atoms with Gasteiger partial charge in [-0.25, -0.2) is 8.78 Å². The van der Waals surface area contributed by atoms with Gasteiger partial charge in [-0.15, -0.1) is 0 Å². The number of likely N-dealkylation sites (N-methyl/N-ethyl adjacent to an activating group) is 1. The van der Waals surface area contributed by atoms with Crippen molar-refractivity contribution in [2.45, 2.75) is 45.3 Å². The number of nitrogens with zero attached hydrogens (tertiary/aromatic N) is 1. The molecule has 3 atom stereocenters. The molecule has 6 nitrogen and oxygen atoms in total. The number of carbonyl (C=O) groups excluding carboxylic acids is 2. The van der Waals surface area contributed by atoms with Gasteiger partial charge in [0.15, 0.2) is 5.78 Å². The summed E-state index contributed by atoms with van der Waals surface area (Å²) in [4.78, 5) is 28.3. The SMILES string of the molecule is CCNC(C=C1C(=O)Cc2cccc(-c3cc(F)cc(F)c3)c21)C(C)C(=O)NCC(O)CN1CCCC1. The van der Waals surface area contributed by atoms with Crippen molar-refractivity contribution >= 4 is 17.3 Å². The number of nitrogens with one attached hydrogen (secondary N) is 2. The van der Waals surface area contributed by atoms with E-state index in [0.29, 0.717) is 35.4 Å². The van der Waals surface area contributed by atoms with Crippen LogP contribution in [0.1, 0.15) is 37.8 Å². The largest absolute Gasteiger partial charge is 0.390 e. The number of amides is 1. The molecule has 1 aliphatic carbocycles. The zero-order valence-electron chi connectivity index (χ0n) is 21.4.